The summed E-state index contributed by atoms with van der Waals surface area (Å²) in [5.41, 5.74) is 6.01. The second-order valence-corrected chi connectivity index (χ2v) is 6.71. The molecule has 3 nitrogen and oxygen atoms in total. The summed E-state index contributed by atoms with van der Waals surface area (Å²) in [4.78, 5) is 0. The average molecular weight is 368 g/mol. The van der Waals surface area contributed by atoms with Gasteiger partial charge in [0.2, 0.25) is 0 Å². The highest BCUT2D eigenvalue weighted by Gasteiger charge is 2.23. The van der Waals surface area contributed by atoms with Crippen LogP contribution < -0.4 is 5.32 Å². The number of hydrogen-bond acceptors (Lipinski definition) is 2. The highest BCUT2D eigenvalue weighted by molar-refractivity contribution is 9.10. The Labute approximate surface area is 144 Å². The molecule has 0 aliphatic carbocycles. The number of halogens is 1. The minimum Gasteiger partial charge on any atom is -0.369 e. The number of hydrogen-bond donors (Lipinski definition) is 1. The molecule has 4 heteroatoms. The summed E-state index contributed by atoms with van der Waals surface area (Å²) in [6.45, 7) is 3.15. The molecule has 0 saturated heterocycles. The van der Waals surface area contributed by atoms with Gasteiger partial charge in [-0.15, -0.1) is 0 Å². The lowest BCUT2D eigenvalue weighted by molar-refractivity contribution is 0.881. The van der Waals surface area contributed by atoms with Crippen LogP contribution in [0.15, 0.2) is 53.0 Å². The van der Waals surface area contributed by atoms with E-state index in [0.29, 0.717) is 0 Å². The van der Waals surface area contributed by atoms with E-state index in [1.165, 1.54) is 11.1 Å². The van der Waals surface area contributed by atoms with Crippen molar-refractivity contribution >= 4 is 21.7 Å². The van der Waals surface area contributed by atoms with Crippen molar-refractivity contribution in [2.45, 2.75) is 19.8 Å². The van der Waals surface area contributed by atoms with Crippen molar-refractivity contribution in [1.29, 1.82) is 0 Å². The van der Waals surface area contributed by atoms with Gasteiger partial charge in [0, 0.05) is 22.1 Å². The third kappa shape index (κ3) is 2.57. The van der Waals surface area contributed by atoms with Crippen molar-refractivity contribution in [1.82, 2.24) is 9.78 Å². The van der Waals surface area contributed by atoms with Gasteiger partial charge in [0.1, 0.15) is 5.82 Å². The molecule has 0 fully saturated rings. The van der Waals surface area contributed by atoms with Gasteiger partial charge in [0.25, 0.3) is 0 Å². The van der Waals surface area contributed by atoms with Gasteiger partial charge in [-0.05, 0) is 42.7 Å². The van der Waals surface area contributed by atoms with Crippen LogP contribution >= 0.6 is 15.9 Å². The molecule has 23 heavy (non-hydrogen) atoms. The van der Waals surface area contributed by atoms with E-state index in [2.05, 4.69) is 76.7 Å². The van der Waals surface area contributed by atoms with Crippen molar-refractivity contribution in [2.24, 2.45) is 0 Å². The van der Waals surface area contributed by atoms with Crippen LogP contribution in [-0.4, -0.2) is 16.3 Å². The number of aromatic nitrogens is 2. The number of anilines is 1. The third-order valence-electron chi connectivity index (χ3n) is 4.36. The van der Waals surface area contributed by atoms with Crippen LogP contribution in [0, 0.1) is 0 Å². The van der Waals surface area contributed by atoms with E-state index in [1.807, 2.05) is 4.68 Å². The maximum Gasteiger partial charge on any atom is 0.133 e. The lowest BCUT2D eigenvalue weighted by Gasteiger charge is -2.07. The predicted molar refractivity (Wildman–Crippen MR) is 98.3 cm³/mol. The molecule has 0 spiro atoms. The summed E-state index contributed by atoms with van der Waals surface area (Å²) in [5, 5.41) is 8.38. The molecule has 1 aliphatic heterocycles. The number of nitrogens with one attached hydrogen (secondary N) is 1. The molecule has 0 amide bonds. The van der Waals surface area contributed by atoms with Crippen molar-refractivity contribution in [3.63, 3.8) is 0 Å². The molecule has 4 rings (SSSR count). The second kappa shape index (κ2) is 5.85. The summed E-state index contributed by atoms with van der Waals surface area (Å²) >= 11 is 3.50. The molecule has 116 valence electrons. The molecule has 1 aromatic heterocycles. The van der Waals surface area contributed by atoms with Crippen LogP contribution in [0.2, 0.25) is 0 Å². The van der Waals surface area contributed by atoms with Crippen LogP contribution in [0.3, 0.4) is 0 Å². The Morgan fingerprint density at radius 2 is 1.83 bits per heavy atom. The van der Waals surface area contributed by atoms with Gasteiger partial charge in [-0.25, -0.2) is 4.68 Å². The molecule has 0 atom stereocenters. The van der Waals surface area contributed by atoms with Crippen LogP contribution in [0.4, 0.5) is 5.82 Å². The topological polar surface area (TPSA) is 29.9 Å². The van der Waals surface area contributed by atoms with E-state index in [0.717, 1.165) is 46.6 Å². The van der Waals surface area contributed by atoms with Gasteiger partial charge < -0.3 is 5.32 Å². The normalized spacial score (nSPS) is 13.0. The maximum atomic E-state index is 4.90. The van der Waals surface area contributed by atoms with Crippen LogP contribution in [-0.2, 0) is 12.8 Å². The molecule has 2 aromatic carbocycles. The number of fused-ring (bicyclic) bond motifs is 1. The van der Waals surface area contributed by atoms with Crippen LogP contribution in [0.1, 0.15) is 18.1 Å². The van der Waals surface area contributed by atoms with Gasteiger partial charge in [-0.1, -0.05) is 47.1 Å². The maximum absolute atomic E-state index is 4.90. The zero-order chi connectivity index (χ0) is 15.8. The molecule has 1 N–H and O–H groups in total. The van der Waals surface area contributed by atoms with E-state index >= 15 is 0 Å². The van der Waals surface area contributed by atoms with Gasteiger partial charge in [0.05, 0.1) is 11.4 Å². The summed E-state index contributed by atoms with van der Waals surface area (Å²) in [6, 6.07) is 17.0. The molecule has 0 bridgehead atoms. The van der Waals surface area contributed by atoms with Gasteiger partial charge >= 0.3 is 0 Å². The summed E-state index contributed by atoms with van der Waals surface area (Å²) < 4.78 is 3.13. The van der Waals surface area contributed by atoms with Gasteiger partial charge in [-0.2, -0.15) is 5.10 Å². The second-order valence-electron chi connectivity index (χ2n) is 5.79. The van der Waals surface area contributed by atoms with Crippen molar-refractivity contribution in [2.75, 3.05) is 11.9 Å². The first kappa shape index (κ1) is 14.5. The van der Waals surface area contributed by atoms with Crippen molar-refractivity contribution < 1.29 is 0 Å². The Bertz CT molecular complexity index is 832. The molecular formula is C19H18BrN3. The van der Waals surface area contributed by atoms with Gasteiger partial charge in [-0.3, -0.25) is 0 Å². The molecule has 0 radical (unpaired) electrons. The van der Waals surface area contributed by atoms with Gasteiger partial charge in [0.15, 0.2) is 0 Å². The minimum absolute atomic E-state index is 0.976. The fraction of sp³-hybridized carbons (Fsp3) is 0.211. The summed E-state index contributed by atoms with van der Waals surface area (Å²) in [5.74, 6) is 1.13. The molecule has 1 aliphatic rings. The largest absolute Gasteiger partial charge is 0.369 e. The number of aryl methyl sites for hydroxylation is 1. The quantitative estimate of drug-likeness (QED) is 0.718. The Hall–Kier alpha value is -2.07. The SMILES string of the molecule is CCc1ccc(-n2nc(-c3ccc(Br)cc3)c3c2NCC3)cc1. The zero-order valence-electron chi connectivity index (χ0n) is 13.0. The Balaban J connectivity index is 1.82. The monoisotopic (exact) mass is 367 g/mol. The smallest absolute Gasteiger partial charge is 0.133 e. The van der Waals surface area contributed by atoms with E-state index in [1.54, 1.807) is 0 Å². The number of rotatable bonds is 3. The Kier molecular flexibility index (Phi) is 3.69. The highest BCUT2D eigenvalue weighted by atomic mass is 79.9. The average Bonchev–Trinajstić information content (AvgIpc) is 3.18. The zero-order valence-corrected chi connectivity index (χ0v) is 14.6. The molecule has 0 unspecified atom stereocenters. The number of benzene rings is 2. The highest BCUT2D eigenvalue weighted by Crippen LogP contribution is 2.34. The van der Waals surface area contributed by atoms with E-state index < -0.39 is 0 Å². The minimum atomic E-state index is 0.976. The molecule has 2 heterocycles. The first-order chi connectivity index (χ1) is 11.3. The van der Waals surface area contributed by atoms with Crippen molar-refractivity contribution in [3.05, 3.63) is 64.1 Å². The Morgan fingerprint density at radius 1 is 1.09 bits per heavy atom. The number of nitrogens with zero attached hydrogens (tertiary/aromatic N) is 2. The predicted octanol–water partition coefficient (Wildman–Crippen LogP) is 4.83. The fourth-order valence-electron chi connectivity index (χ4n) is 3.07. The third-order valence-corrected chi connectivity index (χ3v) is 4.89. The van der Waals surface area contributed by atoms with Crippen LogP contribution in [0.5, 0.6) is 0 Å². The van der Waals surface area contributed by atoms with E-state index in [4.69, 9.17) is 5.10 Å². The summed E-state index contributed by atoms with van der Waals surface area (Å²) in [6.07, 6.45) is 2.08. The molecular weight excluding hydrogens is 350 g/mol. The Morgan fingerprint density at radius 3 is 2.52 bits per heavy atom. The van der Waals surface area contributed by atoms with E-state index in [9.17, 15) is 0 Å². The lowest BCUT2D eigenvalue weighted by atomic mass is 10.1. The van der Waals surface area contributed by atoms with Crippen LogP contribution in [0.25, 0.3) is 16.9 Å². The van der Waals surface area contributed by atoms with E-state index in [-0.39, 0.29) is 0 Å². The first-order valence-electron chi connectivity index (χ1n) is 7.97. The first-order valence-corrected chi connectivity index (χ1v) is 8.76. The standard InChI is InChI=1S/C19H18BrN3/c1-2-13-3-9-16(10-4-13)23-19-17(11-12-21-19)18(22-23)14-5-7-15(20)8-6-14/h3-10,21H,2,11-12H2,1H3. The summed E-state index contributed by atoms with van der Waals surface area (Å²) in [7, 11) is 0. The molecule has 3 aromatic rings. The fourth-order valence-corrected chi connectivity index (χ4v) is 3.34. The van der Waals surface area contributed by atoms with Crippen molar-refractivity contribution in [3.8, 4) is 16.9 Å². The lowest BCUT2D eigenvalue weighted by Crippen LogP contribution is -2.04. The molecule has 0 saturated carbocycles.